The number of aromatic nitrogens is 3. The monoisotopic (exact) mass is 303 g/mol. The average Bonchev–Trinajstić information content (AvgIpc) is 3.03. The van der Waals surface area contributed by atoms with Crippen molar-refractivity contribution in [3.8, 4) is 11.4 Å². The first-order chi connectivity index (χ1) is 10.1. The Morgan fingerprint density at radius 3 is 2.86 bits per heavy atom. The van der Waals surface area contributed by atoms with Gasteiger partial charge in [-0.2, -0.15) is 0 Å². The van der Waals surface area contributed by atoms with Gasteiger partial charge in [0.1, 0.15) is 11.6 Å². The molecule has 0 spiro atoms. The summed E-state index contributed by atoms with van der Waals surface area (Å²) in [6.45, 7) is 1.89. The van der Waals surface area contributed by atoms with Crippen LogP contribution in [0.25, 0.3) is 11.4 Å². The number of aryl methyl sites for hydroxylation is 1. The normalized spacial score (nSPS) is 11.0. The Hall–Kier alpha value is -2.08. The lowest BCUT2D eigenvalue weighted by Crippen LogP contribution is -1.95. The number of hydrogen-bond acceptors (Lipinski definition) is 4. The van der Waals surface area contributed by atoms with Gasteiger partial charge in [0.15, 0.2) is 11.0 Å². The van der Waals surface area contributed by atoms with E-state index in [0.717, 1.165) is 27.9 Å². The third-order valence-corrected chi connectivity index (χ3v) is 4.28. The highest BCUT2D eigenvalue weighted by Gasteiger charge is 2.14. The van der Waals surface area contributed by atoms with Crippen LogP contribution in [-0.2, 0) is 12.8 Å². The molecule has 0 atom stereocenters. The summed E-state index contributed by atoms with van der Waals surface area (Å²) in [5.74, 6) is 2.00. The number of nitrogens with zero attached hydrogens (tertiary/aromatic N) is 3. The third kappa shape index (κ3) is 2.85. The van der Waals surface area contributed by atoms with Crippen LogP contribution < -0.4 is 0 Å². The van der Waals surface area contributed by atoms with Crippen LogP contribution >= 0.6 is 11.8 Å². The van der Waals surface area contributed by atoms with Crippen LogP contribution in [0.1, 0.15) is 11.3 Å². The molecule has 21 heavy (non-hydrogen) atoms. The highest BCUT2D eigenvalue weighted by molar-refractivity contribution is 7.98. The molecule has 2 aromatic heterocycles. The van der Waals surface area contributed by atoms with Crippen LogP contribution in [0.5, 0.6) is 0 Å². The van der Waals surface area contributed by atoms with Gasteiger partial charge in [0.25, 0.3) is 0 Å². The Labute approximate surface area is 126 Å². The van der Waals surface area contributed by atoms with Crippen LogP contribution in [0.15, 0.2) is 46.2 Å². The number of halogens is 1. The number of rotatable bonds is 4. The molecular formula is C15H14FN3OS. The standard InChI is InChI=1S/C15H14FN3OS/c1-10-13(6-7-20-10)14-17-18-15(19(14)2)21-9-11-4-3-5-12(16)8-11/h3-8H,9H2,1-2H3. The predicted molar refractivity (Wildman–Crippen MR) is 79.4 cm³/mol. The maximum atomic E-state index is 13.2. The Kier molecular flexibility index (Phi) is 3.79. The summed E-state index contributed by atoms with van der Waals surface area (Å²) in [5, 5.41) is 9.18. The summed E-state index contributed by atoms with van der Waals surface area (Å²) in [4.78, 5) is 0. The highest BCUT2D eigenvalue weighted by atomic mass is 32.2. The molecule has 4 nitrogen and oxygen atoms in total. The second-order valence-electron chi connectivity index (χ2n) is 4.67. The van der Waals surface area contributed by atoms with Gasteiger partial charge in [-0.25, -0.2) is 4.39 Å². The van der Waals surface area contributed by atoms with Gasteiger partial charge in [-0.05, 0) is 30.7 Å². The van der Waals surface area contributed by atoms with Crippen molar-refractivity contribution in [2.75, 3.05) is 0 Å². The fourth-order valence-corrected chi connectivity index (χ4v) is 2.92. The molecule has 0 aliphatic heterocycles. The summed E-state index contributed by atoms with van der Waals surface area (Å²) >= 11 is 1.52. The molecule has 3 aromatic rings. The summed E-state index contributed by atoms with van der Waals surface area (Å²) in [6, 6.07) is 8.46. The Bertz CT molecular complexity index is 766. The SMILES string of the molecule is Cc1occc1-c1nnc(SCc2cccc(F)c2)n1C. The molecule has 6 heteroatoms. The lowest BCUT2D eigenvalue weighted by Gasteiger charge is -2.03. The summed E-state index contributed by atoms with van der Waals surface area (Å²) in [5.41, 5.74) is 1.85. The quantitative estimate of drug-likeness (QED) is 0.687. The van der Waals surface area contributed by atoms with E-state index in [1.54, 1.807) is 12.3 Å². The van der Waals surface area contributed by atoms with Crippen LogP contribution in [0.3, 0.4) is 0 Å². The van der Waals surface area contributed by atoms with E-state index in [1.165, 1.54) is 23.9 Å². The second-order valence-corrected chi connectivity index (χ2v) is 5.62. The van der Waals surface area contributed by atoms with E-state index < -0.39 is 0 Å². The maximum Gasteiger partial charge on any atom is 0.191 e. The number of thioether (sulfide) groups is 1. The minimum Gasteiger partial charge on any atom is -0.469 e. The van der Waals surface area contributed by atoms with Gasteiger partial charge in [0, 0.05) is 12.8 Å². The molecule has 0 N–H and O–H groups in total. The molecule has 0 amide bonds. The highest BCUT2D eigenvalue weighted by Crippen LogP contribution is 2.27. The van der Waals surface area contributed by atoms with Crippen molar-refractivity contribution in [2.24, 2.45) is 7.05 Å². The van der Waals surface area contributed by atoms with E-state index in [0.29, 0.717) is 5.75 Å². The van der Waals surface area contributed by atoms with E-state index in [2.05, 4.69) is 10.2 Å². The molecule has 108 valence electrons. The zero-order valence-corrected chi connectivity index (χ0v) is 12.5. The van der Waals surface area contributed by atoms with Gasteiger partial charge < -0.3 is 8.98 Å². The van der Waals surface area contributed by atoms with Gasteiger partial charge in [-0.1, -0.05) is 23.9 Å². The molecule has 0 bridgehead atoms. The minimum atomic E-state index is -0.222. The first-order valence-electron chi connectivity index (χ1n) is 6.46. The van der Waals surface area contributed by atoms with Crippen molar-refractivity contribution in [3.05, 3.63) is 53.7 Å². The van der Waals surface area contributed by atoms with E-state index in [4.69, 9.17) is 4.42 Å². The fourth-order valence-electron chi connectivity index (χ4n) is 2.07. The van der Waals surface area contributed by atoms with Gasteiger partial charge in [0.05, 0.1) is 11.8 Å². The maximum absolute atomic E-state index is 13.2. The Balaban J connectivity index is 1.79. The predicted octanol–water partition coefficient (Wildman–Crippen LogP) is 3.81. The van der Waals surface area contributed by atoms with Gasteiger partial charge in [0.2, 0.25) is 0 Å². The Morgan fingerprint density at radius 2 is 2.14 bits per heavy atom. The van der Waals surface area contributed by atoms with E-state index >= 15 is 0 Å². The topological polar surface area (TPSA) is 43.9 Å². The molecule has 3 rings (SSSR count). The van der Waals surface area contributed by atoms with Crippen molar-refractivity contribution in [3.63, 3.8) is 0 Å². The van der Waals surface area contributed by atoms with Gasteiger partial charge in [-0.3, -0.25) is 0 Å². The lowest BCUT2D eigenvalue weighted by molar-refractivity contribution is 0.534. The smallest absolute Gasteiger partial charge is 0.191 e. The minimum absolute atomic E-state index is 0.222. The van der Waals surface area contributed by atoms with Crippen LogP contribution in [0.2, 0.25) is 0 Å². The fraction of sp³-hybridized carbons (Fsp3) is 0.200. The Morgan fingerprint density at radius 1 is 1.29 bits per heavy atom. The third-order valence-electron chi connectivity index (χ3n) is 3.19. The molecule has 0 unspecified atom stereocenters. The molecule has 2 heterocycles. The largest absolute Gasteiger partial charge is 0.469 e. The van der Waals surface area contributed by atoms with E-state index in [1.807, 2.05) is 30.7 Å². The van der Waals surface area contributed by atoms with Crippen molar-refractivity contribution >= 4 is 11.8 Å². The van der Waals surface area contributed by atoms with Gasteiger partial charge in [-0.15, -0.1) is 10.2 Å². The first kappa shape index (κ1) is 13.9. The molecule has 0 fully saturated rings. The van der Waals surface area contributed by atoms with Crippen molar-refractivity contribution < 1.29 is 8.81 Å². The van der Waals surface area contributed by atoms with Gasteiger partial charge >= 0.3 is 0 Å². The van der Waals surface area contributed by atoms with Crippen molar-refractivity contribution in [1.29, 1.82) is 0 Å². The first-order valence-corrected chi connectivity index (χ1v) is 7.45. The number of furan rings is 1. The molecule has 0 saturated carbocycles. The zero-order valence-electron chi connectivity index (χ0n) is 11.7. The summed E-state index contributed by atoms with van der Waals surface area (Å²) in [6.07, 6.45) is 1.64. The van der Waals surface area contributed by atoms with Crippen molar-refractivity contribution in [2.45, 2.75) is 17.8 Å². The molecular weight excluding hydrogens is 289 g/mol. The lowest BCUT2D eigenvalue weighted by atomic mass is 10.2. The van der Waals surface area contributed by atoms with E-state index in [9.17, 15) is 4.39 Å². The van der Waals surface area contributed by atoms with Crippen molar-refractivity contribution in [1.82, 2.24) is 14.8 Å². The second kappa shape index (κ2) is 5.73. The van der Waals surface area contributed by atoms with Crippen LogP contribution in [0, 0.1) is 12.7 Å². The van der Waals surface area contributed by atoms with Crippen LogP contribution in [0.4, 0.5) is 4.39 Å². The average molecular weight is 303 g/mol. The summed E-state index contributed by atoms with van der Waals surface area (Å²) in [7, 11) is 1.91. The number of benzene rings is 1. The molecule has 0 radical (unpaired) electrons. The summed E-state index contributed by atoms with van der Waals surface area (Å²) < 4.78 is 20.4. The molecule has 0 aliphatic carbocycles. The molecule has 0 aliphatic rings. The zero-order chi connectivity index (χ0) is 14.8. The number of hydrogen-bond donors (Lipinski definition) is 0. The van der Waals surface area contributed by atoms with E-state index in [-0.39, 0.29) is 5.82 Å². The molecule has 1 aromatic carbocycles. The van der Waals surface area contributed by atoms with Crippen LogP contribution in [-0.4, -0.2) is 14.8 Å². The molecule has 0 saturated heterocycles.